The van der Waals surface area contributed by atoms with Gasteiger partial charge in [-0.15, -0.1) is 0 Å². The summed E-state index contributed by atoms with van der Waals surface area (Å²) in [5.41, 5.74) is 0. The highest BCUT2D eigenvalue weighted by molar-refractivity contribution is 7.98. The molecular formula is C19H36S. The van der Waals surface area contributed by atoms with Crippen molar-refractivity contribution in [3.63, 3.8) is 0 Å². The second kappa shape index (κ2) is 18.8. The summed E-state index contributed by atoms with van der Waals surface area (Å²) in [5, 5.41) is 0. The highest BCUT2D eigenvalue weighted by Crippen LogP contribution is 2.09. The van der Waals surface area contributed by atoms with Gasteiger partial charge in [-0.2, -0.15) is 11.8 Å². The van der Waals surface area contributed by atoms with Crippen LogP contribution in [0.5, 0.6) is 0 Å². The predicted octanol–water partition coefficient (Wildman–Crippen LogP) is 7.16. The van der Waals surface area contributed by atoms with Crippen LogP contribution in [0.15, 0.2) is 24.3 Å². The van der Waals surface area contributed by atoms with Crippen LogP contribution in [-0.2, 0) is 0 Å². The summed E-state index contributed by atoms with van der Waals surface area (Å²) >= 11 is 1.97. The fraction of sp³-hybridized carbons (Fsp3) is 0.789. The van der Waals surface area contributed by atoms with E-state index in [1.807, 2.05) is 11.8 Å². The van der Waals surface area contributed by atoms with Crippen molar-refractivity contribution in [3.05, 3.63) is 24.3 Å². The zero-order valence-corrected chi connectivity index (χ0v) is 14.7. The minimum Gasteiger partial charge on any atom is -0.165 e. The van der Waals surface area contributed by atoms with Crippen molar-refractivity contribution in [2.45, 2.75) is 84.0 Å². The molecule has 20 heavy (non-hydrogen) atoms. The van der Waals surface area contributed by atoms with Gasteiger partial charge in [0.25, 0.3) is 0 Å². The van der Waals surface area contributed by atoms with Crippen molar-refractivity contribution in [1.29, 1.82) is 0 Å². The van der Waals surface area contributed by atoms with E-state index in [0.717, 1.165) is 6.42 Å². The van der Waals surface area contributed by atoms with Crippen molar-refractivity contribution < 1.29 is 0 Å². The second-order valence-corrected chi connectivity index (χ2v) is 6.56. The maximum atomic E-state index is 2.37. The molecule has 0 unspecified atom stereocenters. The number of hydrogen-bond acceptors (Lipinski definition) is 1. The highest BCUT2D eigenvalue weighted by atomic mass is 32.2. The first-order chi connectivity index (χ1) is 9.91. The Bertz CT molecular complexity index is 218. The van der Waals surface area contributed by atoms with Gasteiger partial charge in [0.05, 0.1) is 0 Å². The van der Waals surface area contributed by atoms with Crippen LogP contribution in [-0.4, -0.2) is 12.0 Å². The first-order valence-corrected chi connectivity index (χ1v) is 10.1. The third-order valence-corrected chi connectivity index (χ3v) is 4.25. The summed E-state index contributed by atoms with van der Waals surface area (Å²) in [5.74, 6) is 1.34. The smallest absolute Gasteiger partial charge is 0.00703 e. The molecule has 0 N–H and O–H groups in total. The summed E-state index contributed by atoms with van der Waals surface area (Å²) in [7, 11) is 0. The van der Waals surface area contributed by atoms with Crippen molar-refractivity contribution in [2.75, 3.05) is 12.0 Å². The fourth-order valence-corrected chi connectivity index (χ4v) is 2.73. The van der Waals surface area contributed by atoms with E-state index in [2.05, 4.69) is 37.5 Å². The minimum absolute atomic E-state index is 1.13. The Balaban J connectivity index is 3.12. The van der Waals surface area contributed by atoms with E-state index in [-0.39, 0.29) is 0 Å². The summed E-state index contributed by atoms with van der Waals surface area (Å²) in [6.45, 7) is 2.26. The van der Waals surface area contributed by atoms with E-state index in [0.29, 0.717) is 0 Å². The molecule has 0 saturated carbocycles. The Morgan fingerprint density at radius 3 is 1.80 bits per heavy atom. The van der Waals surface area contributed by atoms with Gasteiger partial charge in [0, 0.05) is 0 Å². The van der Waals surface area contributed by atoms with Crippen molar-refractivity contribution >= 4 is 11.8 Å². The summed E-state index contributed by atoms with van der Waals surface area (Å²) in [6, 6.07) is 0. The average molecular weight is 297 g/mol. The molecule has 1 heteroatoms. The molecule has 0 aliphatic carbocycles. The maximum Gasteiger partial charge on any atom is -0.00703 e. The molecule has 0 spiro atoms. The third kappa shape index (κ3) is 17.8. The largest absolute Gasteiger partial charge is 0.165 e. The van der Waals surface area contributed by atoms with Crippen LogP contribution >= 0.6 is 11.8 Å². The Hall–Kier alpha value is -0.170. The monoisotopic (exact) mass is 296 g/mol. The van der Waals surface area contributed by atoms with Gasteiger partial charge in [-0.3, -0.25) is 0 Å². The van der Waals surface area contributed by atoms with Crippen LogP contribution in [0.1, 0.15) is 84.0 Å². The van der Waals surface area contributed by atoms with Gasteiger partial charge in [0.1, 0.15) is 0 Å². The number of rotatable bonds is 15. The van der Waals surface area contributed by atoms with Crippen LogP contribution in [0.3, 0.4) is 0 Å². The summed E-state index contributed by atoms with van der Waals surface area (Å²) in [4.78, 5) is 0. The standard InChI is InChI=1S/C19H36S/c1-3-4-5-6-7-8-9-10-11-12-13-14-15-16-17-18-19-20-2/h7-8,10-11H,3-6,9,12-19H2,1-2H3/b8-7-,11-10-. The van der Waals surface area contributed by atoms with Gasteiger partial charge >= 0.3 is 0 Å². The molecular weight excluding hydrogens is 260 g/mol. The molecule has 0 rings (SSSR count). The number of allylic oxidation sites excluding steroid dienone is 4. The summed E-state index contributed by atoms with van der Waals surface area (Å²) < 4.78 is 0. The molecule has 0 amide bonds. The van der Waals surface area contributed by atoms with Gasteiger partial charge in [0.15, 0.2) is 0 Å². The Morgan fingerprint density at radius 2 is 1.20 bits per heavy atom. The fourth-order valence-electron chi connectivity index (χ4n) is 2.23. The Labute approximate surface area is 132 Å². The lowest BCUT2D eigenvalue weighted by Crippen LogP contribution is -1.81. The lowest BCUT2D eigenvalue weighted by molar-refractivity contribution is 0.613. The third-order valence-electron chi connectivity index (χ3n) is 3.55. The van der Waals surface area contributed by atoms with E-state index >= 15 is 0 Å². The maximum absolute atomic E-state index is 2.37. The minimum atomic E-state index is 1.13. The quantitative estimate of drug-likeness (QED) is 0.228. The molecule has 0 heterocycles. The van der Waals surface area contributed by atoms with Gasteiger partial charge in [-0.05, 0) is 50.5 Å². The zero-order valence-electron chi connectivity index (χ0n) is 13.9. The zero-order chi connectivity index (χ0) is 14.7. The molecule has 0 aromatic heterocycles. The Morgan fingerprint density at radius 1 is 0.650 bits per heavy atom. The number of unbranched alkanes of at least 4 members (excludes halogenated alkanes) is 9. The Kier molecular flexibility index (Phi) is 18.7. The van der Waals surface area contributed by atoms with E-state index < -0.39 is 0 Å². The molecule has 0 aliphatic rings. The summed E-state index contributed by atoms with van der Waals surface area (Å²) in [6.07, 6.45) is 27.8. The normalized spacial score (nSPS) is 11.9. The van der Waals surface area contributed by atoms with E-state index in [4.69, 9.17) is 0 Å². The van der Waals surface area contributed by atoms with Crippen LogP contribution in [0.25, 0.3) is 0 Å². The highest BCUT2D eigenvalue weighted by Gasteiger charge is 1.90. The SMILES string of the molecule is CCCCC/C=C\C/C=C\CCCCCCCCSC. The molecule has 0 fully saturated rings. The van der Waals surface area contributed by atoms with E-state index in [9.17, 15) is 0 Å². The van der Waals surface area contributed by atoms with Crippen molar-refractivity contribution in [2.24, 2.45) is 0 Å². The molecule has 0 aliphatic heterocycles. The van der Waals surface area contributed by atoms with E-state index in [1.54, 1.807) is 0 Å². The molecule has 118 valence electrons. The molecule has 0 atom stereocenters. The number of thioether (sulfide) groups is 1. The van der Waals surface area contributed by atoms with E-state index in [1.165, 1.54) is 76.4 Å². The lowest BCUT2D eigenvalue weighted by atomic mass is 10.1. The average Bonchev–Trinajstić information content (AvgIpc) is 2.47. The first kappa shape index (κ1) is 19.8. The van der Waals surface area contributed by atoms with Gasteiger partial charge in [-0.1, -0.05) is 69.8 Å². The van der Waals surface area contributed by atoms with Gasteiger partial charge in [0.2, 0.25) is 0 Å². The van der Waals surface area contributed by atoms with Crippen LogP contribution in [0.2, 0.25) is 0 Å². The second-order valence-electron chi connectivity index (χ2n) is 5.58. The first-order valence-electron chi connectivity index (χ1n) is 8.70. The molecule has 0 aromatic carbocycles. The molecule has 0 radical (unpaired) electrons. The predicted molar refractivity (Wildman–Crippen MR) is 97.7 cm³/mol. The van der Waals surface area contributed by atoms with Crippen LogP contribution in [0, 0.1) is 0 Å². The molecule has 0 saturated heterocycles. The van der Waals surface area contributed by atoms with Gasteiger partial charge in [-0.25, -0.2) is 0 Å². The number of hydrogen-bond donors (Lipinski definition) is 0. The molecule has 0 bridgehead atoms. The van der Waals surface area contributed by atoms with Crippen LogP contribution in [0.4, 0.5) is 0 Å². The molecule has 0 nitrogen and oxygen atoms in total. The van der Waals surface area contributed by atoms with Gasteiger partial charge < -0.3 is 0 Å². The van der Waals surface area contributed by atoms with Crippen LogP contribution < -0.4 is 0 Å². The lowest BCUT2D eigenvalue weighted by Gasteiger charge is -1.99. The topological polar surface area (TPSA) is 0 Å². The molecule has 0 aromatic rings. The van der Waals surface area contributed by atoms with Crippen molar-refractivity contribution in [1.82, 2.24) is 0 Å². The van der Waals surface area contributed by atoms with Crippen molar-refractivity contribution in [3.8, 4) is 0 Å².